The van der Waals surface area contributed by atoms with E-state index in [1.807, 2.05) is 11.3 Å². The topological polar surface area (TPSA) is 26.0 Å². The quantitative estimate of drug-likeness (QED) is 0.837. The van der Waals surface area contributed by atoms with Gasteiger partial charge in [0.25, 0.3) is 0 Å². The number of hydrogen-bond donors (Lipinski definition) is 1. The number of fused-ring (bicyclic) bond motifs is 1. The summed E-state index contributed by atoms with van der Waals surface area (Å²) in [5, 5.41) is 1.42. The minimum atomic E-state index is 0.575. The number of thiophene rings is 1. The second-order valence-electron chi connectivity index (χ2n) is 4.05. The van der Waals surface area contributed by atoms with E-state index in [0.29, 0.717) is 5.92 Å². The predicted molar refractivity (Wildman–Crippen MR) is 68.6 cm³/mol. The molecule has 2 heteroatoms. The lowest BCUT2D eigenvalue weighted by atomic mass is 9.95. The molecule has 0 aliphatic rings. The largest absolute Gasteiger partial charge is 0.330 e. The smallest absolute Gasteiger partial charge is 0.0348 e. The maximum Gasteiger partial charge on any atom is 0.0348 e. The van der Waals surface area contributed by atoms with Crippen LogP contribution in [0.5, 0.6) is 0 Å². The standard InChI is InChI=1S/C13H17NS/c1-9(7-8-14)13-10(2)15-12-6-4-3-5-11(12)13/h3-6,9H,7-8,14H2,1-2H3. The summed E-state index contributed by atoms with van der Waals surface area (Å²) in [6.45, 7) is 5.26. The first-order chi connectivity index (χ1) is 7.24. The summed E-state index contributed by atoms with van der Waals surface area (Å²) < 4.78 is 1.40. The van der Waals surface area contributed by atoms with E-state index < -0.39 is 0 Å². The van der Waals surface area contributed by atoms with Crippen LogP contribution in [0, 0.1) is 6.92 Å². The van der Waals surface area contributed by atoms with Crippen molar-refractivity contribution in [1.29, 1.82) is 0 Å². The van der Waals surface area contributed by atoms with Crippen molar-refractivity contribution < 1.29 is 0 Å². The van der Waals surface area contributed by atoms with Gasteiger partial charge in [-0.1, -0.05) is 25.1 Å². The fourth-order valence-corrected chi connectivity index (χ4v) is 3.38. The van der Waals surface area contributed by atoms with Crippen molar-refractivity contribution in [3.8, 4) is 0 Å². The van der Waals surface area contributed by atoms with Crippen LogP contribution in [0.25, 0.3) is 10.1 Å². The molecule has 0 aliphatic heterocycles. The first kappa shape index (κ1) is 10.7. The molecule has 0 aliphatic carbocycles. The van der Waals surface area contributed by atoms with Crippen molar-refractivity contribution in [2.24, 2.45) is 5.73 Å². The Kier molecular flexibility index (Phi) is 3.08. The van der Waals surface area contributed by atoms with Crippen LogP contribution in [0.15, 0.2) is 24.3 Å². The number of aryl methyl sites for hydroxylation is 1. The van der Waals surface area contributed by atoms with Crippen LogP contribution in [0.4, 0.5) is 0 Å². The Morgan fingerprint density at radius 1 is 1.33 bits per heavy atom. The summed E-state index contributed by atoms with van der Waals surface area (Å²) in [5.41, 5.74) is 7.13. The van der Waals surface area contributed by atoms with Gasteiger partial charge in [-0.2, -0.15) is 0 Å². The van der Waals surface area contributed by atoms with Crippen molar-refractivity contribution in [3.63, 3.8) is 0 Å². The Hall–Kier alpha value is -0.860. The molecule has 1 aromatic heterocycles. The number of rotatable bonds is 3. The monoisotopic (exact) mass is 219 g/mol. The van der Waals surface area contributed by atoms with Crippen molar-refractivity contribution in [3.05, 3.63) is 34.7 Å². The summed E-state index contributed by atoms with van der Waals surface area (Å²) in [4.78, 5) is 1.44. The lowest BCUT2D eigenvalue weighted by Crippen LogP contribution is -2.04. The fourth-order valence-electron chi connectivity index (χ4n) is 2.19. The third-order valence-electron chi connectivity index (χ3n) is 2.91. The molecule has 1 unspecified atom stereocenters. The average molecular weight is 219 g/mol. The fraction of sp³-hybridized carbons (Fsp3) is 0.385. The summed E-state index contributed by atoms with van der Waals surface area (Å²) in [6.07, 6.45) is 1.07. The van der Waals surface area contributed by atoms with Crippen LogP contribution in [0.1, 0.15) is 29.7 Å². The molecule has 1 aromatic carbocycles. The molecule has 2 N–H and O–H groups in total. The average Bonchev–Trinajstić information content (AvgIpc) is 2.54. The minimum absolute atomic E-state index is 0.575. The van der Waals surface area contributed by atoms with Gasteiger partial charge in [0.1, 0.15) is 0 Å². The van der Waals surface area contributed by atoms with Gasteiger partial charge in [0.2, 0.25) is 0 Å². The molecule has 2 aromatic rings. The number of hydrogen-bond acceptors (Lipinski definition) is 2. The lowest BCUT2D eigenvalue weighted by molar-refractivity contribution is 0.693. The zero-order chi connectivity index (χ0) is 10.8. The number of benzene rings is 1. The van der Waals surface area contributed by atoms with Crippen molar-refractivity contribution >= 4 is 21.4 Å². The molecule has 1 heterocycles. The first-order valence-corrected chi connectivity index (χ1v) is 6.23. The molecule has 0 bridgehead atoms. The van der Waals surface area contributed by atoms with Crippen LogP contribution < -0.4 is 5.73 Å². The van der Waals surface area contributed by atoms with E-state index in [2.05, 4.69) is 38.1 Å². The Morgan fingerprint density at radius 2 is 2.07 bits per heavy atom. The Bertz CT molecular complexity index is 459. The predicted octanol–water partition coefficient (Wildman–Crippen LogP) is 3.66. The molecule has 0 saturated heterocycles. The highest BCUT2D eigenvalue weighted by molar-refractivity contribution is 7.19. The summed E-state index contributed by atoms with van der Waals surface area (Å²) in [5.74, 6) is 0.575. The van der Waals surface area contributed by atoms with Crippen LogP contribution in [0.2, 0.25) is 0 Å². The maximum atomic E-state index is 5.63. The molecule has 15 heavy (non-hydrogen) atoms. The molecule has 0 radical (unpaired) electrons. The zero-order valence-corrected chi connectivity index (χ0v) is 10.1. The molecule has 0 amide bonds. The molecular formula is C13H17NS. The highest BCUT2D eigenvalue weighted by Gasteiger charge is 2.14. The third-order valence-corrected chi connectivity index (χ3v) is 4.01. The van der Waals surface area contributed by atoms with Gasteiger partial charge in [-0.25, -0.2) is 0 Å². The Morgan fingerprint density at radius 3 is 2.80 bits per heavy atom. The van der Waals surface area contributed by atoms with Gasteiger partial charge in [0.05, 0.1) is 0 Å². The molecule has 0 saturated carbocycles. The second-order valence-corrected chi connectivity index (χ2v) is 5.30. The Balaban J connectivity index is 2.53. The van der Waals surface area contributed by atoms with Gasteiger partial charge in [0.15, 0.2) is 0 Å². The van der Waals surface area contributed by atoms with Crippen LogP contribution in [0.3, 0.4) is 0 Å². The van der Waals surface area contributed by atoms with Gasteiger partial charge in [-0.05, 0) is 42.8 Å². The Labute approximate surface area is 94.9 Å². The van der Waals surface area contributed by atoms with Gasteiger partial charge in [0, 0.05) is 9.58 Å². The van der Waals surface area contributed by atoms with E-state index in [1.165, 1.54) is 20.5 Å². The van der Waals surface area contributed by atoms with E-state index >= 15 is 0 Å². The van der Waals surface area contributed by atoms with E-state index in [4.69, 9.17) is 5.73 Å². The first-order valence-electron chi connectivity index (χ1n) is 5.42. The van der Waals surface area contributed by atoms with Crippen LogP contribution >= 0.6 is 11.3 Å². The van der Waals surface area contributed by atoms with Crippen molar-refractivity contribution in [1.82, 2.24) is 0 Å². The van der Waals surface area contributed by atoms with E-state index in [1.54, 1.807) is 0 Å². The van der Waals surface area contributed by atoms with Crippen LogP contribution in [-0.2, 0) is 0 Å². The van der Waals surface area contributed by atoms with Crippen molar-refractivity contribution in [2.45, 2.75) is 26.2 Å². The van der Waals surface area contributed by atoms with E-state index in [9.17, 15) is 0 Å². The molecule has 0 spiro atoms. The third kappa shape index (κ3) is 1.92. The summed E-state index contributed by atoms with van der Waals surface area (Å²) in [6, 6.07) is 8.65. The van der Waals surface area contributed by atoms with Crippen LogP contribution in [-0.4, -0.2) is 6.54 Å². The summed E-state index contributed by atoms with van der Waals surface area (Å²) >= 11 is 1.89. The highest BCUT2D eigenvalue weighted by Crippen LogP contribution is 2.36. The van der Waals surface area contributed by atoms with E-state index in [-0.39, 0.29) is 0 Å². The molecule has 80 valence electrons. The van der Waals surface area contributed by atoms with Gasteiger partial charge < -0.3 is 5.73 Å². The van der Waals surface area contributed by atoms with Crippen molar-refractivity contribution in [2.75, 3.05) is 6.54 Å². The molecule has 1 atom stereocenters. The molecular weight excluding hydrogens is 202 g/mol. The highest BCUT2D eigenvalue weighted by atomic mass is 32.1. The summed E-state index contributed by atoms with van der Waals surface area (Å²) in [7, 11) is 0. The molecule has 2 rings (SSSR count). The molecule has 1 nitrogen and oxygen atoms in total. The maximum absolute atomic E-state index is 5.63. The lowest BCUT2D eigenvalue weighted by Gasteiger charge is -2.10. The zero-order valence-electron chi connectivity index (χ0n) is 9.29. The van der Waals surface area contributed by atoms with Gasteiger partial charge in [-0.15, -0.1) is 11.3 Å². The van der Waals surface area contributed by atoms with Gasteiger partial charge >= 0.3 is 0 Å². The van der Waals surface area contributed by atoms with E-state index in [0.717, 1.165) is 13.0 Å². The minimum Gasteiger partial charge on any atom is -0.330 e. The number of nitrogens with two attached hydrogens (primary N) is 1. The SMILES string of the molecule is Cc1sc2ccccc2c1C(C)CCN. The molecule has 0 fully saturated rings. The normalized spacial score (nSPS) is 13.3. The van der Waals surface area contributed by atoms with Gasteiger partial charge in [-0.3, -0.25) is 0 Å². The second kappa shape index (κ2) is 4.33.